The lowest BCUT2D eigenvalue weighted by Gasteiger charge is -2.39. The van der Waals surface area contributed by atoms with Gasteiger partial charge in [0.05, 0.1) is 5.41 Å². The van der Waals surface area contributed by atoms with E-state index in [0.29, 0.717) is 26.2 Å². The third-order valence-corrected chi connectivity index (χ3v) is 11.0. The number of hydrogen-bond donors (Lipinski definition) is 1. The third kappa shape index (κ3) is 18.1. The second-order valence-corrected chi connectivity index (χ2v) is 14.7. The van der Waals surface area contributed by atoms with Gasteiger partial charge in [0.15, 0.2) is 0 Å². The molecule has 268 valence electrons. The lowest BCUT2D eigenvalue weighted by Crippen LogP contribution is -3.00. The van der Waals surface area contributed by atoms with E-state index in [2.05, 4.69) is 53.6 Å². The van der Waals surface area contributed by atoms with Crippen LogP contribution in [-0.4, -0.2) is 56.4 Å². The van der Waals surface area contributed by atoms with Gasteiger partial charge in [-0.05, 0) is 30.9 Å². The summed E-state index contributed by atoms with van der Waals surface area (Å²) in [6.45, 7) is 5.53. The molecule has 0 aromatic heterocycles. The van der Waals surface area contributed by atoms with Gasteiger partial charge < -0.3 is 36.7 Å². The number of rotatable bonds is 27. The maximum absolute atomic E-state index is 12.4. The molecule has 0 saturated carbocycles. The van der Waals surface area contributed by atoms with Gasteiger partial charge in [0.1, 0.15) is 13.2 Å². The van der Waals surface area contributed by atoms with Crippen molar-refractivity contribution in [2.75, 3.05) is 49.3 Å². The van der Waals surface area contributed by atoms with Crippen LogP contribution in [0.1, 0.15) is 141 Å². The number of amides is 1. The zero-order valence-corrected chi connectivity index (χ0v) is 31.8. The predicted molar refractivity (Wildman–Crippen MR) is 196 cm³/mol. The number of halogens is 1. The Bertz CT molecular complexity index is 1000. The molecule has 1 N–H and O–H groups in total. The van der Waals surface area contributed by atoms with Gasteiger partial charge in [0, 0.05) is 43.2 Å². The molecule has 2 heterocycles. The first-order valence-corrected chi connectivity index (χ1v) is 19.9. The fourth-order valence-corrected chi connectivity index (χ4v) is 7.44. The highest BCUT2D eigenvalue weighted by Gasteiger charge is 2.40. The van der Waals surface area contributed by atoms with Crippen molar-refractivity contribution in [1.29, 1.82) is 0 Å². The largest absolute Gasteiger partial charge is 1.00 e. The van der Waals surface area contributed by atoms with Crippen molar-refractivity contribution < 1.29 is 36.0 Å². The first-order valence-electron chi connectivity index (χ1n) is 18.8. The molecule has 1 amide bonds. The first kappa shape index (κ1) is 41.5. The van der Waals surface area contributed by atoms with Gasteiger partial charge in [-0.15, -0.1) is 0 Å². The molecule has 0 unspecified atom stereocenters. The van der Waals surface area contributed by atoms with E-state index in [9.17, 15) is 9.59 Å². The number of para-hydroxylation sites is 1. The van der Waals surface area contributed by atoms with Crippen LogP contribution in [0.5, 0.6) is 0 Å². The molecule has 1 saturated heterocycles. The summed E-state index contributed by atoms with van der Waals surface area (Å²) in [6, 6.07) is 8.50. The first-order chi connectivity index (χ1) is 22.6. The van der Waals surface area contributed by atoms with Gasteiger partial charge in [-0.25, -0.2) is 4.79 Å². The van der Waals surface area contributed by atoms with Crippen LogP contribution in [0.2, 0.25) is 0 Å². The van der Waals surface area contributed by atoms with E-state index in [0.717, 1.165) is 56.7 Å². The highest BCUT2D eigenvalue weighted by atomic mass is 79.9. The van der Waals surface area contributed by atoms with Gasteiger partial charge in [-0.2, -0.15) is 11.8 Å². The monoisotopic (exact) mass is 735 g/mol. The summed E-state index contributed by atoms with van der Waals surface area (Å²) in [7, 11) is 0. The van der Waals surface area contributed by atoms with Crippen molar-refractivity contribution >= 4 is 35.6 Å². The van der Waals surface area contributed by atoms with Crippen molar-refractivity contribution in [1.82, 2.24) is 5.32 Å². The molecule has 1 aromatic rings. The number of hydrogen-bond acceptors (Lipinski definition) is 6. The number of benzene rings is 1. The average molecular weight is 737 g/mol. The predicted octanol–water partition coefficient (Wildman–Crippen LogP) is 7.35. The lowest BCUT2D eigenvalue weighted by molar-refractivity contribution is -0.147. The van der Waals surface area contributed by atoms with Crippen molar-refractivity contribution in [3.05, 3.63) is 35.9 Å². The number of fused-ring (bicyclic) bond motifs is 1. The van der Waals surface area contributed by atoms with Crippen LogP contribution >= 0.6 is 11.8 Å². The number of carbonyl (C=O) groups is 2. The number of unbranched alkanes of at least 4 members (excludes halogenated alkanes) is 17. The number of carbonyl (C=O) groups excluding carboxylic acids is 2. The quantitative estimate of drug-likeness (QED) is 0.0754. The summed E-state index contributed by atoms with van der Waals surface area (Å²) in [6.07, 6.45) is 28.8. The Morgan fingerprint density at radius 3 is 1.96 bits per heavy atom. The number of thioether (sulfide) groups is 1. The summed E-state index contributed by atoms with van der Waals surface area (Å²) in [5.41, 5.74) is 2.34. The molecule has 2 aliphatic heterocycles. The molecule has 8 heteroatoms. The topological polar surface area (TPSA) is 67.9 Å². The molecule has 0 radical (unpaired) electrons. The van der Waals surface area contributed by atoms with E-state index in [1.807, 2.05) is 11.8 Å². The fourth-order valence-electron chi connectivity index (χ4n) is 6.32. The van der Waals surface area contributed by atoms with Crippen molar-refractivity contribution in [2.24, 2.45) is 5.41 Å². The molecular formula is C39H64BrN2O4S-. The Kier molecular flexibility index (Phi) is 23.2. The minimum atomic E-state index is -0.351. The van der Waals surface area contributed by atoms with Gasteiger partial charge in [0.25, 0.3) is 0 Å². The number of anilines is 1. The van der Waals surface area contributed by atoms with Gasteiger partial charge in [0.2, 0.25) is 0 Å². The van der Waals surface area contributed by atoms with E-state index in [4.69, 9.17) is 9.47 Å². The highest BCUT2D eigenvalue weighted by molar-refractivity contribution is 8.00. The Balaban J connectivity index is 0.00000768. The van der Waals surface area contributed by atoms with Crippen LogP contribution in [0, 0.1) is 5.41 Å². The third-order valence-electron chi connectivity index (χ3n) is 9.37. The van der Waals surface area contributed by atoms with Crippen molar-refractivity contribution in [3.63, 3.8) is 0 Å². The number of nitrogens with one attached hydrogen (secondary N) is 1. The second kappa shape index (κ2) is 26.2. The average Bonchev–Trinajstić information content (AvgIpc) is 3.05. The Morgan fingerprint density at radius 2 is 1.34 bits per heavy atom. The molecule has 1 aromatic carbocycles. The molecule has 0 atom stereocenters. The molecule has 1 fully saturated rings. The van der Waals surface area contributed by atoms with Crippen LogP contribution in [0.15, 0.2) is 30.3 Å². The number of ether oxygens (including phenoxy) is 2. The van der Waals surface area contributed by atoms with Crippen molar-refractivity contribution in [3.8, 4) is 0 Å². The van der Waals surface area contributed by atoms with E-state index in [1.54, 1.807) is 0 Å². The standard InChI is InChI=1S/C39H64N2O4S.BrH/c1-2-3-4-5-6-7-8-9-10-11-12-13-14-15-16-21-28-40-38(43)45-32-39(33-46-34-39)31-44-37(42)27-18-17-22-29-41-30-23-25-35-24-19-20-26-36(35)41;/h19-20,23-26H,2-18,21-22,27-34H2,1H3,(H,40,43);1H/p-1. The van der Waals surface area contributed by atoms with Crippen LogP contribution in [-0.2, 0) is 14.3 Å². The minimum Gasteiger partial charge on any atom is -1.00 e. The zero-order chi connectivity index (χ0) is 32.5. The van der Waals surface area contributed by atoms with Gasteiger partial charge in [-0.1, -0.05) is 140 Å². The normalized spacial score (nSPS) is 14.5. The number of esters is 1. The number of nitrogens with zero attached hydrogens (tertiary/aromatic N) is 1. The molecule has 47 heavy (non-hydrogen) atoms. The summed E-state index contributed by atoms with van der Waals surface area (Å²) >= 11 is 1.81. The molecule has 2 aliphatic rings. The van der Waals surface area contributed by atoms with Gasteiger partial charge in [-0.3, -0.25) is 4.79 Å². The Morgan fingerprint density at radius 1 is 0.766 bits per heavy atom. The van der Waals surface area contributed by atoms with Crippen molar-refractivity contribution in [2.45, 2.75) is 135 Å². The molecule has 0 aliphatic carbocycles. The summed E-state index contributed by atoms with van der Waals surface area (Å²) < 4.78 is 11.2. The second-order valence-electron chi connectivity index (χ2n) is 13.7. The van der Waals surface area contributed by atoms with Gasteiger partial charge >= 0.3 is 12.1 Å². The van der Waals surface area contributed by atoms with E-state index < -0.39 is 0 Å². The molecular weight excluding hydrogens is 672 g/mol. The smallest absolute Gasteiger partial charge is 0.407 e. The SMILES string of the molecule is CCCCCCCCCCCCCCCCCCNC(=O)OCC1(COC(=O)CCCCCN2CC=Cc3ccccc32)CSC1.[Br-]. The zero-order valence-electron chi connectivity index (χ0n) is 29.4. The van der Waals surface area contributed by atoms with Crippen LogP contribution < -0.4 is 27.2 Å². The van der Waals surface area contributed by atoms with E-state index >= 15 is 0 Å². The summed E-state index contributed by atoms with van der Waals surface area (Å²) in [4.78, 5) is 27.1. The number of alkyl carbamates (subject to hydrolysis) is 1. The summed E-state index contributed by atoms with van der Waals surface area (Å²) in [5, 5.41) is 2.90. The maximum Gasteiger partial charge on any atom is 0.407 e. The Labute approximate surface area is 301 Å². The molecule has 6 nitrogen and oxygen atoms in total. The minimum absolute atomic E-state index is 0. The van der Waals surface area contributed by atoms with E-state index in [1.165, 1.54) is 101 Å². The Hall–Kier alpha value is -1.67. The van der Waals surface area contributed by atoms with Crippen LogP contribution in [0.3, 0.4) is 0 Å². The fraction of sp³-hybridized carbons (Fsp3) is 0.744. The highest BCUT2D eigenvalue weighted by Crippen LogP contribution is 2.38. The van der Waals surface area contributed by atoms with Crippen LogP contribution in [0.25, 0.3) is 6.08 Å². The molecule has 0 spiro atoms. The maximum atomic E-state index is 12.4. The van der Waals surface area contributed by atoms with E-state index in [-0.39, 0.29) is 34.5 Å². The lowest BCUT2D eigenvalue weighted by atomic mass is 9.94. The molecule has 0 bridgehead atoms. The summed E-state index contributed by atoms with van der Waals surface area (Å²) in [5.74, 6) is 1.58. The van der Waals surface area contributed by atoms with Crippen LogP contribution in [0.4, 0.5) is 10.5 Å². The molecule has 3 rings (SSSR count).